The van der Waals surface area contributed by atoms with E-state index in [2.05, 4.69) is 4.74 Å². The van der Waals surface area contributed by atoms with Crippen LogP contribution in [0.2, 0.25) is 0 Å². The van der Waals surface area contributed by atoms with Crippen LogP contribution in [0.25, 0.3) is 6.08 Å². The number of hydrogen-bond acceptors (Lipinski definition) is 5. The van der Waals surface area contributed by atoms with Crippen LogP contribution in [0.5, 0.6) is 17.2 Å². The molecule has 118 valence electrons. The molecule has 5 nitrogen and oxygen atoms in total. The van der Waals surface area contributed by atoms with Crippen molar-refractivity contribution in [2.75, 3.05) is 13.4 Å². The lowest BCUT2D eigenvalue weighted by atomic mass is 10.0. The maximum Gasteiger partial charge on any atom is 0.430 e. The van der Waals surface area contributed by atoms with Gasteiger partial charge in [-0.3, -0.25) is 0 Å². The SMILES string of the molecule is CCOC(=O)C1=Cc2cc3c(cc2OC1C(F)(F)F)OCO3. The minimum Gasteiger partial charge on any atom is -0.475 e. The van der Waals surface area contributed by atoms with Gasteiger partial charge in [0.15, 0.2) is 11.5 Å². The van der Waals surface area contributed by atoms with Crippen LogP contribution in [0.4, 0.5) is 13.2 Å². The normalized spacial score (nSPS) is 19.1. The van der Waals surface area contributed by atoms with Gasteiger partial charge in [0.2, 0.25) is 12.9 Å². The zero-order chi connectivity index (χ0) is 15.9. The highest BCUT2D eigenvalue weighted by Gasteiger charge is 2.49. The topological polar surface area (TPSA) is 54.0 Å². The van der Waals surface area contributed by atoms with Crippen molar-refractivity contribution in [2.24, 2.45) is 0 Å². The van der Waals surface area contributed by atoms with E-state index in [9.17, 15) is 18.0 Å². The summed E-state index contributed by atoms with van der Waals surface area (Å²) >= 11 is 0. The quantitative estimate of drug-likeness (QED) is 0.785. The number of carbonyl (C=O) groups excluding carboxylic acids is 1. The number of carbonyl (C=O) groups is 1. The van der Waals surface area contributed by atoms with E-state index in [1.165, 1.54) is 19.1 Å². The average molecular weight is 316 g/mol. The van der Waals surface area contributed by atoms with Crippen LogP contribution in [-0.4, -0.2) is 31.6 Å². The van der Waals surface area contributed by atoms with Gasteiger partial charge in [-0.05, 0) is 19.1 Å². The molecule has 2 aliphatic rings. The molecule has 1 atom stereocenters. The number of benzene rings is 1. The first kappa shape index (κ1) is 14.6. The van der Waals surface area contributed by atoms with Crippen LogP contribution in [0.1, 0.15) is 12.5 Å². The van der Waals surface area contributed by atoms with Gasteiger partial charge in [-0.1, -0.05) is 0 Å². The largest absolute Gasteiger partial charge is 0.475 e. The fraction of sp³-hybridized carbons (Fsp3) is 0.357. The minimum absolute atomic E-state index is 0.0185. The Morgan fingerprint density at radius 3 is 2.59 bits per heavy atom. The minimum atomic E-state index is -4.74. The van der Waals surface area contributed by atoms with E-state index in [1.54, 1.807) is 0 Å². The molecule has 1 aromatic rings. The van der Waals surface area contributed by atoms with Gasteiger partial charge in [-0.15, -0.1) is 0 Å². The first-order chi connectivity index (χ1) is 10.4. The molecule has 0 spiro atoms. The van der Waals surface area contributed by atoms with Gasteiger partial charge in [0.05, 0.1) is 12.2 Å². The molecule has 8 heteroatoms. The zero-order valence-electron chi connectivity index (χ0n) is 11.4. The number of fused-ring (bicyclic) bond motifs is 2. The van der Waals surface area contributed by atoms with Gasteiger partial charge >= 0.3 is 12.1 Å². The molecular weight excluding hydrogens is 305 g/mol. The summed E-state index contributed by atoms with van der Waals surface area (Å²) in [6, 6.07) is 2.78. The lowest BCUT2D eigenvalue weighted by molar-refractivity contribution is -0.187. The van der Waals surface area contributed by atoms with Crippen molar-refractivity contribution in [3.63, 3.8) is 0 Å². The number of halogens is 3. The lowest BCUT2D eigenvalue weighted by Gasteiger charge is -2.27. The van der Waals surface area contributed by atoms with Gasteiger partial charge in [-0.2, -0.15) is 13.2 Å². The Morgan fingerprint density at radius 2 is 1.95 bits per heavy atom. The molecule has 1 aromatic carbocycles. The fourth-order valence-corrected chi connectivity index (χ4v) is 2.21. The Bertz CT molecular complexity index is 651. The summed E-state index contributed by atoms with van der Waals surface area (Å²) in [4.78, 5) is 11.8. The third-order valence-electron chi connectivity index (χ3n) is 3.15. The van der Waals surface area contributed by atoms with Crippen molar-refractivity contribution in [3.8, 4) is 17.2 Å². The lowest BCUT2D eigenvalue weighted by Crippen LogP contribution is -2.40. The van der Waals surface area contributed by atoms with Crippen molar-refractivity contribution >= 4 is 12.0 Å². The molecule has 0 radical (unpaired) electrons. The highest BCUT2D eigenvalue weighted by atomic mass is 19.4. The van der Waals surface area contributed by atoms with Crippen LogP contribution in [0.15, 0.2) is 17.7 Å². The predicted octanol–water partition coefficient (Wildman–Crippen LogP) is 2.69. The third-order valence-corrected chi connectivity index (χ3v) is 3.15. The molecule has 0 fully saturated rings. The number of hydrogen-bond donors (Lipinski definition) is 0. The summed E-state index contributed by atoms with van der Waals surface area (Å²) in [6.07, 6.45) is -6.01. The van der Waals surface area contributed by atoms with Crippen molar-refractivity contribution < 1.29 is 36.9 Å². The summed E-state index contributed by atoms with van der Waals surface area (Å²) < 4.78 is 59.3. The fourth-order valence-electron chi connectivity index (χ4n) is 2.21. The van der Waals surface area contributed by atoms with Gasteiger partial charge < -0.3 is 18.9 Å². The Labute approximate surface area is 123 Å². The number of ether oxygens (including phenoxy) is 4. The summed E-state index contributed by atoms with van der Waals surface area (Å²) in [7, 11) is 0. The van der Waals surface area contributed by atoms with Crippen molar-refractivity contribution in [1.29, 1.82) is 0 Å². The van der Waals surface area contributed by atoms with E-state index < -0.39 is 23.8 Å². The number of alkyl halides is 3. The molecule has 0 bridgehead atoms. The van der Waals surface area contributed by atoms with E-state index in [-0.39, 0.29) is 19.1 Å². The molecule has 0 saturated heterocycles. The molecule has 0 saturated carbocycles. The molecule has 0 N–H and O–H groups in total. The predicted molar refractivity (Wildman–Crippen MR) is 67.6 cm³/mol. The van der Waals surface area contributed by atoms with Gasteiger partial charge in [0, 0.05) is 11.6 Å². The van der Waals surface area contributed by atoms with Crippen LogP contribution in [0.3, 0.4) is 0 Å². The summed E-state index contributed by atoms with van der Waals surface area (Å²) in [6.45, 7) is 1.46. The Morgan fingerprint density at radius 1 is 1.27 bits per heavy atom. The summed E-state index contributed by atoms with van der Waals surface area (Å²) in [5, 5.41) is 0. The van der Waals surface area contributed by atoms with E-state index >= 15 is 0 Å². The number of rotatable bonds is 2. The van der Waals surface area contributed by atoms with E-state index in [0.29, 0.717) is 17.1 Å². The number of esters is 1. The monoisotopic (exact) mass is 316 g/mol. The second-order valence-corrected chi connectivity index (χ2v) is 4.60. The molecule has 0 amide bonds. The molecular formula is C14H11F3O5. The van der Waals surface area contributed by atoms with E-state index in [4.69, 9.17) is 14.2 Å². The molecule has 0 aromatic heterocycles. The highest BCUT2D eigenvalue weighted by molar-refractivity contribution is 5.96. The Balaban J connectivity index is 2.06. The Kier molecular flexibility index (Phi) is 3.38. The maximum atomic E-state index is 13.1. The second kappa shape index (κ2) is 5.11. The molecule has 22 heavy (non-hydrogen) atoms. The highest BCUT2D eigenvalue weighted by Crippen LogP contribution is 2.44. The van der Waals surface area contributed by atoms with Gasteiger partial charge in [0.1, 0.15) is 5.75 Å². The van der Waals surface area contributed by atoms with Crippen molar-refractivity contribution in [3.05, 3.63) is 23.3 Å². The molecule has 3 rings (SSSR count). The molecule has 0 aliphatic carbocycles. The average Bonchev–Trinajstić information content (AvgIpc) is 2.89. The van der Waals surface area contributed by atoms with Crippen LogP contribution in [-0.2, 0) is 9.53 Å². The molecule has 2 heterocycles. The maximum absolute atomic E-state index is 13.1. The Hall–Kier alpha value is -2.38. The zero-order valence-corrected chi connectivity index (χ0v) is 11.4. The van der Waals surface area contributed by atoms with Crippen molar-refractivity contribution in [2.45, 2.75) is 19.2 Å². The smallest absolute Gasteiger partial charge is 0.430 e. The van der Waals surface area contributed by atoms with Gasteiger partial charge in [-0.25, -0.2) is 4.79 Å². The van der Waals surface area contributed by atoms with Crippen LogP contribution in [0, 0.1) is 0 Å². The van der Waals surface area contributed by atoms with Crippen molar-refractivity contribution in [1.82, 2.24) is 0 Å². The van der Waals surface area contributed by atoms with Gasteiger partial charge in [0.25, 0.3) is 0 Å². The first-order valence-corrected chi connectivity index (χ1v) is 6.46. The van der Waals surface area contributed by atoms with Crippen LogP contribution >= 0.6 is 0 Å². The van der Waals surface area contributed by atoms with E-state index in [1.807, 2.05) is 0 Å². The van der Waals surface area contributed by atoms with E-state index in [0.717, 1.165) is 6.08 Å². The van der Waals surface area contributed by atoms with Crippen LogP contribution < -0.4 is 14.2 Å². The standard InChI is InChI=1S/C14H11F3O5/c1-2-19-13(18)8-3-7-4-10-11(21-6-20-10)5-9(7)22-12(8)14(15,16)17/h3-5,12H,2,6H2,1H3. The third kappa shape index (κ3) is 2.44. The summed E-state index contributed by atoms with van der Waals surface area (Å²) in [5.41, 5.74) is -0.298. The first-order valence-electron chi connectivity index (χ1n) is 6.46. The summed E-state index contributed by atoms with van der Waals surface area (Å²) in [5.74, 6) is -0.410. The second-order valence-electron chi connectivity index (χ2n) is 4.60. The molecule has 2 aliphatic heterocycles. The molecule has 1 unspecified atom stereocenters.